The molecule has 0 atom stereocenters. The van der Waals surface area contributed by atoms with E-state index in [1.807, 2.05) is 0 Å². The van der Waals surface area contributed by atoms with E-state index >= 15 is 0 Å². The maximum Gasteiger partial charge on any atom is 0.352 e. The number of hydrogen-bond donors (Lipinski definition) is 2. The third kappa shape index (κ3) is 2.74. The van der Waals surface area contributed by atoms with Crippen LogP contribution in [0.25, 0.3) is 21.8 Å². The molecule has 3 aromatic rings. The molecule has 21 heavy (non-hydrogen) atoms. The molecule has 0 aliphatic heterocycles. The number of aromatic amines is 1. The summed E-state index contributed by atoms with van der Waals surface area (Å²) in [6.45, 7) is 0. The van der Waals surface area contributed by atoms with Crippen molar-refractivity contribution in [3.63, 3.8) is 0 Å². The van der Waals surface area contributed by atoms with Crippen LogP contribution < -0.4 is 0 Å². The van der Waals surface area contributed by atoms with E-state index < -0.39 is 5.97 Å². The number of benzene rings is 1. The Kier molecular flexibility index (Phi) is 3.60. The van der Waals surface area contributed by atoms with E-state index in [0.29, 0.717) is 26.3 Å². The van der Waals surface area contributed by atoms with Gasteiger partial charge in [-0.1, -0.05) is 15.9 Å². The number of aromatic nitrogens is 2. The van der Waals surface area contributed by atoms with Crippen LogP contribution in [-0.4, -0.2) is 21.0 Å². The van der Waals surface area contributed by atoms with Gasteiger partial charge in [-0.25, -0.2) is 14.2 Å². The minimum absolute atomic E-state index is 0.0920. The number of aromatic carboxylic acids is 1. The van der Waals surface area contributed by atoms with E-state index in [0.717, 1.165) is 0 Å². The fraction of sp³-hybridized carbons (Fsp3) is 0. The van der Waals surface area contributed by atoms with Crippen molar-refractivity contribution >= 4 is 33.2 Å². The fourth-order valence-corrected chi connectivity index (χ4v) is 3.05. The quantitative estimate of drug-likeness (QED) is 0.721. The average molecular weight is 367 g/mol. The highest BCUT2D eigenvalue weighted by Crippen LogP contribution is 2.31. The van der Waals surface area contributed by atoms with Crippen molar-refractivity contribution in [2.45, 2.75) is 0 Å². The van der Waals surface area contributed by atoms with Gasteiger partial charge in [-0.2, -0.15) is 0 Å². The summed E-state index contributed by atoms with van der Waals surface area (Å²) in [4.78, 5) is 17.9. The third-order valence-electron chi connectivity index (χ3n) is 2.87. The molecule has 7 heteroatoms. The summed E-state index contributed by atoms with van der Waals surface area (Å²) >= 11 is 4.52. The van der Waals surface area contributed by atoms with Crippen LogP contribution in [-0.2, 0) is 0 Å². The van der Waals surface area contributed by atoms with Gasteiger partial charge in [0.15, 0.2) is 0 Å². The van der Waals surface area contributed by atoms with E-state index in [9.17, 15) is 9.18 Å². The topological polar surface area (TPSA) is 66.0 Å². The molecule has 4 nitrogen and oxygen atoms in total. The first-order valence-corrected chi connectivity index (χ1v) is 7.55. The van der Waals surface area contributed by atoms with Crippen LogP contribution in [0.3, 0.4) is 0 Å². The van der Waals surface area contributed by atoms with Crippen molar-refractivity contribution < 1.29 is 14.3 Å². The fourth-order valence-electron chi connectivity index (χ4n) is 1.86. The molecule has 0 radical (unpaired) electrons. The van der Waals surface area contributed by atoms with E-state index in [2.05, 4.69) is 25.9 Å². The number of hydrogen-bond acceptors (Lipinski definition) is 3. The van der Waals surface area contributed by atoms with Gasteiger partial charge in [0.25, 0.3) is 0 Å². The minimum atomic E-state index is -1.03. The SMILES string of the molecule is O=C(O)c1cc(-c2csc(-c3ccc(Br)cc3F)n2)c[nH]1. The molecule has 0 aliphatic rings. The summed E-state index contributed by atoms with van der Waals surface area (Å²) in [5.74, 6) is -1.39. The highest BCUT2D eigenvalue weighted by Gasteiger charge is 2.13. The van der Waals surface area contributed by atoms with Crippen LogP contribution in [0.15, 0.2) is 40.3 Å². The van der Waals surface area contributed by atoms with Gasteiger partial charge >= 0.3 is 5.97 Å². The summed E-state index contributed by atoms with van der Waals surface area (Å²) in [6, 6.07) is 6.29. The average Bonchev–Trinajstić information content (AvgIpc) is 3.07. The molecule has 106 valence electrons. The molecular weight excluding hydrogens is 359 g/mol. The first kappa shape index (κ1) is 14.0. The number of nitrogens with one attached hydrogen (secondary N) is 1. The number of H-pyrrole nitrogens is 1. The molecule has 2 heterocycles. The summed E-state index contributed by atoms with van der Waals surface area (Å²) in [5.41, 5.74) is 1.78. The van der Waals surface area contributed by atoms with Gasteiger partial charge in [-0.15, -0.1) is 11.3 Å². The predicted molar refractivity (Wildman–Crippen MR) is 82.0 cm³/mol. The zero-order valence-electron chi connectivity index (χ0n) is 10.4. The normalized spacial score (nSPS) is 10.8. The molecule has 0 unspecified atom stereocenters. The number of rotatable bonds is 3. The van der Waals surface area contributed by atoms with Crippen molar-refractivity contribution in [2.24, 2.45) is 0 Å². The molecule has 2 aromatic heterocycles. The molecule has 0 amide bonds. The molecule has 0 saturated carbocycles. The zero-order chi connectivity index (χ0) is 15.0. The third-order valence-corrected chi connectivity index (χ3v) is 4.24. The monoisotopic (exact) mass is 366 g/mol. The Morgan fingerprint density at radius 1 is 1.38 bits per heavy atom. The summed E-state index contributed by atoms with van der Waals surface area (Å²) in [5, 5.41) is 11.2. The highest BCUT2D eigenvalue weighted by atomic mass is 79.9. The molecule has 2 N–H and O–H groups in total. The van der Waals surface area contributed by atoms with Gasteiger partial charge < -0.3 is 10.1 Å². The smallest absolute Gasteiger partial charge is 0.352 e. The maximum absolute atomic E-state index is 13.9. The first-order chi connectivity index (χ1) is 10.0. The number of halogens is 2. The van der Waals surface area contributed by atoms with E-state index in [1.54, 1.807) is 23.7 Å². The maximum atomic E-state index is 13.9. The number of carboxylic acids is 1. The second kappa shape index (κ2) is 5.42. The van der Waals surface area contributed by atoms with Crippen LogP contribution in [0, 0.1) is 5.82 Å². The predicted octanol–water partition coefficient (Wildman–Crippen LogP) is 4.41. The molecule has 1 aromatic carbocycles. The van der Waals surface area contributed by atoms with Gasteiger partial charge in [-0.3, -0.25) is 0 Å². The lowest BCUT2D eigenvalue weighted by Crippen LogP contribution is -1.94. The number of thiazole rings is 1. The van der Waals surface area contributed by atoms with Crippen LogP contribution in [0.5, 0.6) is 0 Å². The van der Waals surface area contributed by atoms with E-state index in [-0.39, 0.29) is 11.5 Å². The lowest BCUT2D eigenvalue weighted by molar-refractivity contribution is 0.0691. The summed E-state index contributed by atoms with van der Waals surface area (Å²) < 4.78 is 14.6. The van der Waals surface area contributed by atoms with Gasteiger partial charge in [0.05, 0.1) is 5.69 Å². The van der Waals surface area contributed by atoms with Gasteiger partial charge in [0.1, 0.15) is 16.5 Å². The second-order valence-electron chi connectivity index (χ2n) is 4.27. The van der Waals surface area contributed by atoms with E-state index in [4.69, 9.17) is 5.11 Å². The van der Waals surface area contributed by atoms with Crippen molar-refractivity contribution in [1.82, 2.24) is 9.97 Å². The van der Waals surface area contributed by atoms with Gasteiger partial charge in [-0.05, 0) is 24.3 Å². The molecule has 0 saturated heterocycles. The Bertz CT molecular complexity index is 828. The first-order valence-electron chi connectivity index (χ1n) is 5.87. The van der Waals surface area contributed by atoms with E-state index in [1.165, 1.54) is 23.5 Å². The zero-order valence-corrected chi connectivity index (χ0v) is 12.8. The van der Waals surface area contributed by atoms with Crippen LogP contribution in [0.1, 0.15) is 10.5 Å². The minimum Gasteiger partial charge on any atom is -0.477 e. The van der Waals surface area contributed by atoms with Gasteiger partial charge in [0.2, 0.25) is 0 Å². The Labute approximate surface area is 131 Å². The Morgan fingerprint density at radius 3 is 2.86 bits per heavy atom. The Hall–Kier alpha value is -1.99. The molecule has 0 aliphatic carbocycles. The largest absolute Gasteiger partial charge is 0.477 e. The summed E-state index contributed by atoms with van der Waals surface area (Å²) in [6.07, 6.45) is 1.57. The molecule has 0 fully saturated rings. The number of nitrogens with zero attached hydrogens (tertiary/aromatic N) is 1. The van der Waals surface area contributed by atoms with Crippen molar-refractivity contribution in [1.29, 1.82) is 0 Å². The lowest BCUT2D eigenvalue weighted by Gasteiger charge is -1.99. The van der Waals surface area contributed by atoms with Crippen LogP contribution >= 0.6 is 27.3 Å². The lowest BCUT2D eigenvalue weighted by atomic mass is 10.2. The van der Waals surface area contributed by atoms with Crippen molar-refractivity contribution in [3.05, 3.63) is 51.8 Å². The molecule has 0 spiro atoms. The highest BCUT2D eigenvalue weighted by molar-refractivity contribution is 9.10. The number of carbonyl (C=O) groups is 1. The molecule has 0 bridgehead atoms. The van der Waals surface area contributed by atoms with Crippen LogP contribution in [0.4, 0.5) is 4.39 Å². The van der Waals surface area contributed by atoms with Crippen LogP contribution in [0.2, 0.25) is 0 Å². The number of carboxylic acid groups (broad SMARTS) is 1. The molecular formula is C14H8BrFN2O2S. The second-order valence-corrected chi connectivity index (χ2v) is 6.04. The Balaban J connectivity index is 1.97. The van der Waals surface area contributed by atoms with Crippen molar-refractivity contribution in [2.75, 3.05) is 0 Å². The standard InChI is InChI=1S/C14H8BrFN2O2S/c15-8-1-2-9(10(16)4-8)13-18-12(6-21-13)7-3-11(14(19)20)17-5-7/h1-6,17H,(H,19,20). The Morgan fingerprint density at radius 2 is 2.19 bits per heavy atom. The molecule has 3 rings (SSSR count). The summed E-state index contributed by atoms with van der Waals surface area (Å²) in [7, 11) is 0. The van der Waals surface area contributed by atoms with Gasteiger partial charge in [0, 0.05) is 27.2 Å². The van der Waals surface area contributed by atoms with Crippen molar-refractivity contribution in [3.8, 4) is 21.8 Å².